The lowest BCUT2D eigenvalue weighted by molar-refractivity contribution is 0.0604. The smallest absolute Gasteiger partial charge is 0.256 e. The van der Waals surface area contributed by atoms with Gasteiger partial charge in [0.1, 0.15) is 0 Å². The maximum atomic E-state index is 14.0. The molecule has 1 amide bonds. The number of nitrogens with one attached hydrogen (secondary N) is 1. The van der Waals surface area contributed by atoms with Crippen LogP contribution in [0, 0.1) is 20.8 Å². The van der Waals surface area contributed by atoms with Crippen molar-refractivity contribution >= 4 is 17.5 Å². The van der Waals surface area contributed by atoms with Crippen LogP contribution in [0.1, 0.15) is 52.6 Å². The molecule has 0 bridgehead atoms. The Labute approximate surface area is 203 Å². The molecule has 0 saturated carbocycles. The summed E-state index contributed by atoms with van der Waals surface area (Å²) in [6.45, 7) is 8.64. The van der Waals surface area contributed by atoms with Crippen molar-refractivity contribution in [2.24, 2.45) is 0 Å². The summed E-state index contributed by atoms with van der Waals surface area (Å²) >= 11 is 6.31. The Hall–Kier alpha value is -3.52. The molecule has 0 aliphatic carbocycles. The Morgan fingerprint density at radius 2 is 1.85 bits per heavy atom. The van der Waals surface area contributed by atoms with E-state index in [1.807, 2.05) is 62.9 Å². The van der Waals surface area contributed by atoms with Crippen LogP contribution in [-0.2, 0) is 5.54 Å². The number of amides is 1. The Morgan fingerprint density at radius 3 is 2.62 bits per heavy atom. The summed E-state index contributed by atoms with van der Waals surface area (Å²) in [6, 6.07) is 9.58. The van der Waals surface area contributed by atoms with Gasteiger partial charge in [0.2, 0.25) is 0 Å². The number of carbonyl (C=O) groups is 1. The maximum Gasteiger partial charge on any atom is 0.256 e. The van der Waals surface area contributed by atoms with Gasteiger partial charge in [0, 0.05) is 17.1 Å². The van der Waals surface area contributed by atoms with Crippen molar-refractivity contribution < 1.29 is 4.79 Å². The molecule has 34 heavy (non-hydrogen) atoms. The molecule has 8 nitrogen and oxygen atoms in total. The molecule has 4 aromatic rings. The first-order valence-corrected chi connectivity index (χ1v) is 11.7. The van der Waals surface area contributed by atoms with Gasteiger partial charge in [-0.2, -0.15) is 20.1 Å². The van der Waals surface area contributed by atoms with Gasteiger partial charge >= 0.3 is 0 Å². The number of aryl methyl sites for hydroxylation is 2. The fraction of sp³-hybridized carbons (Fsp3) is 0.320. The summed E-state index contributed by atoms with van der Waals surface area (Å²) in [5.41, 5.74) is 4.52. The number of aromatic nitrogens is 6. The van der Waals surface area contributed by atoms with E-state index in [2.05, 4.69) is 20.4 Å². The van der Waals surface area contributed by atoms with Gasteiger partial charge in [-0.25, -0.2) is 4.98 Å². The van der Waals surface area contributed by atoms with Crippen LogP contribution in [0.25, 0.3) is 17.1 Å². The largest absolute Gasteiger partial charge is 0.326 e. The van der Waals surface area contributed by atoms with Gasteiger partial charge in [-0.1, -0.05) is 23.7 Å². The Morgan fingerprint density at radius 1 is 1.12 bits per heavy atom. The molecule has 1 N–H and O–H groups in total. The molecule has 1 aliphatic heterocycles. The lowest BCUT2D eigenvalue weighted by Gasteiger charge is -2.33. The normalized spacial score (nSPS) is 18.0. The molecule has 1 atom stereocenters. The molecule has 2 aromatic carbocycles. The van der Waals surface area contributed by atoms with Crippen molar-refractivity contribution in [1.82, 2.24) is 35.1 Å². The average Bonchev–Trinajstić information content (AvgIpc) is 3.58. The first-order valence-electron chi connectivity index (χ1n) is 11.3. The molecule has 0 spiro atoms. The summed E-state index contributed by atoms with van der Waals surface area (Å²) in [5.74, 6) is 1.16. The molecular formula is C25H26ClN7O. The standard InChI is InChI=1S/C25H26ClN7O/c1-15-13-19(21(14-16(15)2)33-27-10-11-28-33)23(34)32-12-6-9-25(32,4)24-29-22(30-31-24)18-7-5-8-20(26)17(18)3/h5,7-8,10-11,13-14H,6,9,12H2,1-4H3,(H,29,30,31)/t25-/m0/s1. The van der Waals surface area contributed by atoms with E-state index in [1.54, 1.807) is 12.4 Å². The van der Waals surface area contributed by atoms with Crippen molar-refractivity contribution in [3.8, 4) is 17.1 Å². The first-order chi connectivity index (χ1) is 16.3. The van der Waals surface area contributed by atoms with E-state index in [4.69, 9.17) is 16.6 Å². The second kappa shape index (κ2) is 8.36. The van der Waals surface area contributed by atoms with Crippen LogP contribution < -0.4 is 0 Å². The fourth-order valence-corrected chi connectivity index (χ4v) is 4.81. The predicted molar refractivity (Wildman–Crippen MR) is 130 cm³/mol. The second-order valence-corrected chi connectivity index (χ2v) is 9.43. The summed E-state index contributed by atoms with van der Waals surface area (Å²) < 4.78 is 0. The molecule has 174 valence electrons. The van der Waals surface area contributed by atoms with Crippen molar-refractivity contribution in [3.63, 3.8) is 0 Å². The molecule has 1 aliphatic rings. The minimum absolute atomic E-state index is 0.0766. The number of halogens is 1. The highest BCUT2D eigenvalue weighted by atomic mass is 35.5. The summed E-state index contributed by atoms with van der Waals surface area (Å²) in [6.07, 6.45) is 4.87. The van der Waals surface area contributed by atoms with Gasteiger partial charge in [0.25, 0.3) is 5.91 Å². The molecule has 2 aromatic heterocycles. The van der Waals surface area contributed by atoms with Crippen LogP contribution in [0.15, 0.2) is 42.7 Å². The number of carbonyl (C=O) groups excluding carboxylic acids is 1. The lowest BCUT2D eigenvalue weighted by atomic mass is 9.96. The van der Waals surface area contributed by atoms with Gasteiger partial charge in [-0.05, 0) is 75.4 Å². The minimum atomic E-state index is -0.623. The van der Waals surface area contributed by atoms with Crippen molar-refractivity contribution in [2.75, 3.05) is 6.54 Å². The molecule has 9 heteroatoms. The van der Waals surface area contributed by atoms with E-state index >= 15 is 0 Å². The highest BCUT2D eigenvalue weighted by Gasteiger charge is 2.44. The zero-order chi connectivity index (χ0) is 24.0. The van der Waals surface area contributed by atoms with Crippen LogP contribution in [-0.4, -0.2) is 47.5 Å². The molecule has 0 unspecified atom stereocenters. The number of likely N-dealkylation sites (tertiary alicyclic amines) is 1. The van der Waals surface area contributed by atoms with Crippen LogP contribution >= 0.6 is 11.6 Å². The monoisotopic (exact) mass is 475 g/mol. The van der Waals surface area contributed by atoms with Crippen molar-refractivity contribution in [2.45, 2.75) is 46.1 Å². The first kappa shape index (κ1) is 22.3. The summed E-state index contributed by atoms with van der Waals surface area (Å²) in [7, 11) is 0. The molecule has 1 saturated heterocycles. The summed E-state index contributed by atoms with van der Waals surface area (Å²) in [4.78, 5) is 22.2. The molecule has 3 heterocycles. The van der Waals surface area contributed by atoms with Crippen LogP contribution in [0.4, 0.5) is 0 Å². The maximum absolute atomic E-state index is 14.0. The summed E-state index contributed by atoms with van der Waals surface area (Å²) in [5, 5.41) is 16.8. The third-order valence-corrected chi connectivity index (χ3v) is 7.28. The quantitative estimate of drug-likeness (QED) is 0.458. The number of H-pyrrole nitrogens is 1. The third kappa shape index (κ3) is 3.58. The topological polar surface area (TPSA) is 92.6 Å². The van der Waals surface area contributed by atoms with Crippen molar-refractivity contribution in [3.05, 3.63) is 75.8 Å². The van der Waals surface area contributed by atoms with Gasteiger partial charge in [0.15, 0.2) is 11.6 Å². The molecular weight excluding hydrogens is 450 g/mol. The number of nitrogens with zero attached hydrogens (tertiary/aromatic N) is 6. The molecule has 1 fully saturated rings. The molecule has 5 rings (SSSR count). The van der Waals surface area contributed by atoms with Gasteiger partial charge in [-0.15, -0.1) is 0 Å². The fourth-order valence-electron chi connectivity index (χ4n) is 4.63. The molecule has 0 radical (unpaired) electrons. The van der Waals surface area contributed by atoms with Gasteiger partial charge in [0.05, 0.1) is 29.2 Å². The number of rotatable bonds is 4. The zero-order valence-corrected chi connectivity index (χ0v) is 20.4. The van der Waals surface area contributed by atoms with E-state index in [9.17, 15) is 4.79 Å². The Kier molecular flexibility index (Phi) is 5.48. The van der Waals surface area contributed by atoms with Crippen molar-refractivity contribution in [1.29, 1.82) is 0 Å². The van der Waals surface area contributed by atoms with Gasteiger partial charge < -0.3 is 4.90 Å². The van der Waals surface area contributed by atoms with Crippen LogP contribution in [0.5, 0.6) is 0 Å². The van der Waals surface area contributed by atoms with E-state index < -0.39 is 5.54 Å². The lowest BCUT2D eigenvalue weighted by Crippen LogP contribution is -2.44. The van der Waals surface area contributed by atoms with Gasteiger partial charge in [-0.3, -0.25) is 9.89 Å². The van der Waals surface area contributed by atoms with E-state index in [1.165, 1.54) is 4.80 Å². The highest BCUT2D eigenvalue weighted by Crippen LogP contribution is 2.39. The Bertz CT molecular complexity index is 1380. The third-order valence-electron chi connectivity index (χ3n) is 6.87. The number of hydrogen-bond acceptors (Lipinski definition) is 5. The minimum Gasteiger partial charge on any atom is -0.326 e. The van der Waals surface area contributed by atoms with Crippen LogP contribution in [0.3, 0.4) is 0 Å². The predicted octanol–water partition coefficient (Wildman–Crippen LogP) is 4.78. The average molecular weight is 476 g/mol. The number of hydrogen-bond donors (Lipinski definition) is 1. The number of benzene rings is 2. The number of aromatic amines is 1. The van der Waals surface area contributed by atoms with E-state index in [-0.39, 0.29) is 5.91 Å². The second-order valence-electron chi connectivity index (χ2n) is 9.03. The zero-order valence-electron chi connectivity index (χ0n) is 19.6. The highest BCUT2D eigenvalue weighted by molar-refractivity contribution is 6.31. The Balaban J connectivity index is 1.54. The van der Waals surface area contributed by atoms with E-state index in [0.29, 0.717) is 34.5 Å². The van der Waals surface area contributed by atoms with E-state index in [0.717, 1.165) is 35.1 Å². The SMILES string of the molecule is Cc1cc(C(=O)N2CCC[C@@]2(C)c2nc(-c3cccc(Cl)c3C)n[nH]2)c(-n2nccn2)cc1C. The van der Waals surface area contributed by atoms with Crippen LogP contribution in [0.2, 0.25) is 5.02 Å².